The van der Waals surface area contributed by atoms with Gasteiger partial charge in [0.1, 0.15) is 5.65 Å². The standard InChI is InChI=1S/C19H25N5OS/c1-13-10-22-17-16(13)14(4-6-21-17)23-8-9-26-15(11-23)18(25)24-7-3-5-19(2,20)12-24/h4,6,10-11H,3,5,7-9,12,20H2,1-2H3,(H,21,22)/t19-/m1/s1. The highest BCUT2D eigenvalue weighted by Gasteiger charge is 2.32. The first-order valence-corrected chi connectivity index (χ1v) is 10.1. The third kappa shape index (κ3) is 3.21. The number of piperidine rings is 1. The Morgan fingerprint density at radius 2 is 2.27 bits per heavy atom. The van der Waals surface area contributed by atoms with E-state index in [1.165, 1.54) is 0 Å². The number of nitrogens with one attached hydrogen (secondary N) is 1. The summed E-state index contributed by atoms with van der Waals surface area (Å²) in [7, 11) is 0. The van der Waals surface area contributed by atoms with Crippen molar-refractivity contribution >= 4 is 34.4 Å². The van der Waals surface area contributed by atoms with Gasteiger partial charge in [-0.25, -0.2) is 4.98 Å². The molecule has 4 rings (SSSR count). The molecule has 0 unspecified atom stereocenters. The lowest BCUT2D eigenvalue weighted by Crippen LogP contribution is -2.54. The molecule has 6 nitrogen and oxygen atoms in total. The number of H-pyrrole nitrogens is 1. The molecule has 2 aromatic heterocycles. The average molecular weight is 372 g/mol. The van der Waals surface area contributed by atoms with Crippen LogP contribution >= 0.6 is 11.8 Å². The smallest absolute Gasteiger partial charge is 0.261 e. The molecule has 1 fully saturated rings. The van der Waals surface area contributed by atoms with Crippen LogP contribution in [0.15, 0.2) is 29.6 Å². The number of nitrogens with two attached hydrogens (primary N) is 1. The van der Waals surface area contributed by atoms with Crippen LogP contribution in [0.1, 0.15) is 25.3 Å². The fourth-order valence-electron chi connectivity index (χ4n) is 3.84. The van der Waals surface area contributed by atoms with E-state index >= 15 is 0 Å². The number of aromatic nitrogens is 2. The molecule has 1 amide bonds. The van der Waals surface area contributed by atoms with Crippen LogP contribution in [-0.2, 0) is 4.79 Å². The van der Waals surface area contributed by atoms with E-state index in [0.717, 1.165) is 58.9 Å². The Bertz CT molecular complexity index is 872. The second kappa shape index (κ2) is 6.63. The molecule has 1 saturated heterocycles. The van der Waals surface area contributed by atoms with Crippen LogP contribution in [0.3, 0.4) is 0 Å². The van der Waals surface area contributed by atoms with Gasteiger partial charge >= 0.3 is 0 Å². The molecule has 0 radical (unpaired) electrons. The molecule has 26 heavy (non-hydrogen) atoms. The van der Waals surface area contributed by atoms with Gasteiger partial charge in [0.05, 0.1) is 10.6 Å². The largest absolute Gasteiger partial charge is 0.346 e. The monoisotopic (exact) mass is 371 g/mol. The van der Waals surface area contributed by atoms with Crippen LogP contribution in [0, 0.1) is 6.92 Å². The van der Waals surface area contributed by atoms with Crippen molar-refractivity contribution in [1.29, 1.82) is 0 Å². The van der Waals surface area contributed by atoms with Crippen LogP contribution in [0.2, 0.25) is 0 Å². The van der Waals surface area contributed by atoms with Crippen molar-refractivity contribution in [2.45, 2.75) is 32.2 Å². The van der Waals surface area contributed by atoms with Crippen molar-refractivity contribution in [2.24, 2.45) is 5.73 Å². The molecule has 7 heteroatoms. The molecule has 2 aliphatic heterocycles. The summed E-state index contributed by atoms with van der Waals surface area (Å²) in [5.41, 5.74) is 9.14. The number of rotatable bonds is 2. The summed E-state index contributed by atoms with van der Waals surface area (Å²) in [5.74, 6) is 0.991. The van der Waals surface area contributed by atoms with Crippen LogP contribution in [0.5, 0.6) is 0 Å². The van der Waals surface area contributed by atoms with Gasteiger partial charge in [-0.2, -0.15) is 0 Å². The number of hydrogen-bond donors (Lipinski definition) is 2. The lowest BCUT2D eigenvalue weighted by Gasteiger charge is -2.38. The zero-order valence-corrected chi connectivity index (χ0v) is 16.1. The van der Waals surface area contributed by atoms with Crippen molar-refractivity contribution < 1.29 is 4.79 Å². The highest BCUT2D eigenvalue weighted by atomic mass is 32.2. The van der Waals surface area contributed by atoms with Gasteiger partial charge in [-0.3, -0.25) is 4.79 Å². The number of carbonyl (C=O) groups excluding carboxylic acids is 1. The Labute approximate surface area is 157 Å². The molecule has 2 aliphatic rings. The van der Waals surface area contributed by atoms with E-state index in [2.05, 4.69) is 21.8 Å². The zero-order valence-electron chi connectivity index (χ0n) is 15.3. The minimum Gasteiger partial charge on any atom is -0.346 e. The van der Waals surface area contributed by atoms with Crippen molar-refractivity contribution in [2.75, 3.05) is 30.3 Å². The summed E-state index contributed by atoms with van der Waals surface area (Å²) >= 11 is 1.64. The van der Waals surface area contributed by atoms with Crippen molar-refractivity contribution in [3.8, 4) is 0 Å². The third-order valence-electron chi connectivity index (χ3n) is 5.15. The quantitative estimate of drug-likeness (QED) is 0.848. The lowest BCUT2D eigenvalue weighted by molar-refractivity contribution is -0.128. The number of aryl methyl sites for hydroxylation is 1. The molecule has 0 aromatic carbocycles. The Morgan fingerprint density at radius 1 is 1.42 bits per heavy atom. The molecule has 0 aliphatic carbocycles. The van der Waals surface area contributed by atoms with Gasteiger partial charge in [-0.15, -0.1) is 11.8 Å². The van der Waals surface area contributed by atoms with E-state index in [1.54, 1.807) is 11.8 Å². The minimum absolute atomic E-state index is 0.104. The zero-order chi connectivity index (χ0) is 18.3. The number of hydrogen-bond acceptors (Lipinski definition) is 5. The van der Waals surface area contributed by atoms with Gasteiger partial charge in [0.25, 0.3) is 5.91 Å². The molecule has 2 aromatic rings. The number of fused-ring (bicyclic) bond motifs is 1. The second-order valence-corrected chi connectivity index (χ2v) is 8.68. The SMILES string of the molecule is Cc1c[nH]c2nccc(N3C=C(C(=O)N4CCC[C@@](C)(N)C4)SCC3)c12. The van der Waals surface area contributed by atoms with Gasteiger partial charge in [0.2, 0.25) is 0 Å². The minimum atomic E-state index is -0.285. The fraction of sp³-hybridized carbons (Fsp3) is 0.474. The molecular formula is C19H25N5OS. The Balaban J connectivity index is 1.63. The Morgan fingerprint density at radius 3 is 3.08 bits per heavy atom. The fourth-order valence-corrected chi connectivity index (χ4v) is 4.80. The molecule has 0 bridgehead atoms. The summed E-state index contributed by atoms with van der Waals surface area (Å²) in [6, 6.07) is 2.02. The topological polar surface area (TPSA) is 78.2 Å². The van der Waals surface area contributed by atoms with E-state index < -0.39 is 0 Å². The van der Waals surface area contributed by atoms with Crippen LogP contribution in [0.25, 0.3) is 11.0 Å². The highest BCUT2D eigenvalue weighted by molar-refractivity contribution is 8.04. The number of anilines is 1. The third-order valence-corrected chi connectivity index (χ3v) is 6.12. The van der Waals surface area contributed by atoms with Gasteiger partial charge in [-0.1, -0.05) is 0 Å². The molecule has 0 spiro atoms. The maximum absolute atomic E-state index is 13.0. The van der Waals surface area contributed by atoms with E-state index in [4.69, 9.17) is 5.73 Å². The predicted octanol–water partition coefficient (Wildman–Crippen LogP) is 2.61. The van der Waals surface area contributed by atoms with Gasteiger partial charge < -0.3 is 20.5 Å². The second-order valence-electron chi connectivity index (χ2n) is 7.54. The maximum atomic E-state index is 13.0. The molecule has 4 heterocycles. The van der Waals surface area contributed by atoms with Gasteiger partial charge in [0, 0.05) is 54.9 Å². The number of pyridine rings is 1. The van der Waals surface area contributed by atoms with Crippen LogP contribution in [0.4, 0.5) is 5.69 Å². The number of amides is 1. The average Bonchev–Trinajstić information content (AvgIpc) is 3.02. The number of likely N-dealkylation sites (tertiary alicyclic amines) is 1. The van der Waals surface area contributed by atoms with Gasteiger partial charge in [0.15, 0.2) is 0 Å². The number of aromatic amines is 1. The first-order chi connectivity index (χ1) is 12.4. The van der Waals surface area contributed by atoms with Crippen molar-refractivity contribution in [1.82, 2.24) is 14.9 Å². The summed E-state index contributed by atoms with van der Waals surface area (Å²) < 4.78 is 0. The van der Waals surface area contributed by atoms with Crippen molar-refractivity contribution in [3.05, 3.63) is 35.1 Å². The van der Waals surface area contributed by atoms with Gasteiger partial charge in [-0.05, 0) is 38.3 Å². The van der Waals surface area contributed by atoms with E-state index in [-0.39, 0.29) is 11.4 Å². The highest BCUT2D eigenvalue weighted by Crippen LogP contribution is 2.33. The molecule has 0 saturated carbocycles. The molecule has 138 valence electrons. The number of carbonyl (C=O) groups is 1. The normalized spacial score (nSPS) is 24.0. The molecule has 1 atom stereocenters. The van der Waals surface area contributed by atoms with Crippen molar-refractivity contribution in [3.63, 3.8) is 0 Å². The maximum Gasteiger partial charge on any atom is 0.261 e. The Hall–Kier alpha value is -1.99. The molecule has 3 N–H and O–H groups in total. The Kier molecular flexibility index (Phi) is 4.44. The predicted molar refractivity (Wildman–Crippen MR) is 107 cm³/mol. The van der Waals surface area contributed by atoms with E-state index in [1.807, 2.05) is 36.5 Å². The summed E-state index contributed by atoms with van der Waals surface area (Å²) in [5, 5.41) is 1.12. The summed E-state index contributed by atoms with van der Waals surface area (Å²) in [6.07, 6.45) is 7.73. The summed E-state index contributed by atoms with van der Waals surface area (Å²) in [6.45, 7) is 6.40. The number of nitrogens with zero attached hydrogens (tertiary/aromatic N) is 3. The van der Waals surface area contributed by atoms with Crippen LogP contribution in [-0.4, -0.2) is 51.7 Å². The lowest BCUT2D eigenvalue weighted by atomic mass is 9.92. The van der Waals surface area contributed by atoms with E-state index in [9.17, 15) is 4.79 Å². The van der Waals surface area contributed by atoms with E-state index in [0.29, 0.717) is 6.54 Å². The number of thioether (sulfide) groups is 1. The van der Waals surface area contributed by atoms with Crippen LogP contribution < -0.4 is 10.6 Å². The summed E-state index contributed by atoms with van der Waals surface area (Å²) in [4.78, 5) is 25.5. The first kappa shape index (κ1) is 17.4. The molecular weight excluding hydrogens is 346 g/mol. The first-order valence-electron chi connectivity index (χ1n) is 9.07.